The molecule has 0 unspecified atom stereocenters. The normalized spacial score (nSPS) is 13.7. The lowest BCUT2D eigenvalue weighted by Crippen LogP contribution is -2.59. The molecule has 0 bridgehead atoms. The summed E-state index contributed by atoms with van der Waals surface area (Å²) in [5, 5.41) is 9.40. The molecule has 0 aliphatic carbocycles. The van der Waals surface area contributed by atoms with E-state index in [1.165, 1.54) is 71.4 Å². The number of furan rings is 2. The van der Waals surface area contributed by atoms with Crippen LogP contribution in [0.4, 0.5) is 34.1 Å². The van der Waals surface area contributed by atoms with E-state index in [9.17, 15) is 0 Å². The zero-order valence-electron chi connectivity index (χ0n) is 39.1. The third-order valence-corrected chi connectivity index (χ3v) is 14.8. The van der Waals surface area contributed by atoms with Crippen LogP contribution in [-0.2, 0) is 10.8 Å². The van der Waals surface area contributed by atoms with Crippen molar-refractivity contribution in [1.82, 2.24) is 0 Å². The van der Waals surface area contributed by atoms with Gasteiger partial charge < -0.3 is 18.6 Å². The summed E-state index contributed by atoms with van der Waals surface area (Å²) in [4.78, 5) is 5.07. The topological polar surface area (TPSA) is 32.8 Å². The Morgan fingerprint density at radius 3 is 1.55 bits per heavy atom. The molecule has 2 aliphatic heterocycles. The number of benzene rings is 9. The van der Waals surface area contributed by atoms with Crippen molar-refractivity contribution in [3.8, 4) is 0 Å². The number of hydrogen-bond acceptors (Lipinski definition) is 4. The Kier molecular flexibility index (Phi) is 7.96. The number of anilines is 6. The van der Waals surface area contributed by atoms with E-state index in [-0.39, 0.29) is 17.5 Å². The van der Waals surface area contributed by atoms with Crippen molar-refractivity contribution >= 4 is 123 Å². The molecule has 0 atom stereocenters. The van der Waals surface area contributed by atoms with Crippen molar-refractivity contribution in [3.63, 3.8) is 0 Å². The van der Waals surface area contributed by atoms with Gasteiger partial charge >= 0.3 is 0 Å². The fourth-order valence-electron chi connectivity index (χ4n) is 11.6. The minimum Gasteiger partial charge on any atom is -0.456 e. The lowest BCUT2D eigenvalue weighted by atomic mass is 9.33. The van der Waals surface area contributed by atoms with Gasteiger partial charge in [-0.25, -0.2) is 0 Å². The van der Waals surface area contributed by atoms with Crippen LogP contribution in [0.25, 0.3) is 65.4 Å². The van der Waals surface area contributed by atoms with Gasteiger partial charge in [0.2, 0.25) is 6.71 Å². The van der Waals surface area contributed by atoms with Crippen molar-refractivity contribution < 1.29 is 8.83 Å². The van der Waals surface area contributed by atoms with Crippen LogP contribution >= 0.6 is 0 Å². The quantitative estimate of drug-likeness (QED) is 0.162. The SMILES string of the molecule is Cc1cc(C)c(B2c3cc4c(cc3N3c5cc6ccccc6cc5N(c5ccc6c(c5)oc5cc(C(C)(C)C)ccc56)c5cc6ccccc6c2c53)oc2cc(C(C)(C)C)ccc24)c(C)c1. The van der Waals surface area contributed by atoms with E-state index >= 15 is 0 Å². The van der Waals surface area contributed by atoms with Crippen molar-refractivity contribution in [2.24, 2.45) is 0 Å². The molecule has 320 valence electrons. The summed E-state index contributed by atoms with van der Waals surface area (Å²) in [7, 11) is 0. The molecular formula is C61H51BN2O2. The van der Waals surface area contributed by atoms with Gasteiger partial charge in [0.1, 0.15) is 22.3 Å². The van der Waals surface area contributed by atoms with Crippen LogP contribution < -0.4 is 26.2 Å². The maximum atomic E-state index is 6.95. The van der Waals surface area contributed by atoms with Crippen LogP contribution in [0.2, 0.25) is 0 Å². The Morgan fingerprint density at radius 1 is 0.409 bits per heavy atom. The molecule has 2 aliphatic rings. The monoisotopic (exact) mass is 854 g/mol. The summed E-state index contributed by atoms with van der Waals surface area (Å²) in [6.07, 6.45) is 0. The number of nitrogens with zero attached hydrogens (tertiary/aromatic N) is 2. The van der Waals surface area contributed by atoms with E-state index in [0.29, 0.717) is 0 Å². The van der Waals surface area contributed by atoms with Crippen molar-refractivity contribution in [1.29, 1.82) is 0 Å². The summed E-state index contributed by atoms with van der Waals surface area (Å²) in [6.45, 7) is 20.3. The van der Waals surface area contributed by atoms with Crippen LogP contribution in [0.3, 0.4) is 0 Å². The highest BCUT2D eigenvalue weighted by atomic mass is 16.3. The highest BCUT2D eigenvalue weighted by Gasteiger charge is 2.44. The second-order valence-electron chi connectivity index (χ2n) is 21.2. The average Bonchev–Trinajstić information content (AvgIpc) is 3.83. The summed E-state index contributed by atoms with van der Waals surface area (Å²) in [6, 6.07) is 54.9. The van der Waals surface area contributed by atoms with Crippen molar-refractivity contribution in [3.05, 3.63) is 173 Å². The van der Waals surface area contributed by atoms with Crippen LogP contribution in [-0.4, -0.2) is 6.71 Å². The van der Waals surface area contributed by atoms with Gasteiger partial charge in [0.25, 0.3) is 0 Å². The first-order valence-corrected chi connectivity index (χ1v) is 23.4. The number of fused-ring (bicyclic) bond motifs is 13. The van der Waals surface area contributed by atoms with Gasteiger partial charge in [0, 0.05) is 39.4 Å². The lowest BCUT2D eigenvalue weighted by Gasteiger charge is -2.46. The highest BCUT2D eigenvalue weighted by Crippen LogP contribution is 2.57. The molecule has 2 aromatic heterocycles. The summed E-state index contributed by atoms with van der Waals surface area (Å²) in [5.74, 6) is 0. The molecule has 66 heavy (non-hydrogen) atoms. The Morgan fingerprint density at radius 2 is 0.924 bits per heavy atom. The van der Waals surface area contributed by atoms with E-state index in [0.717, 1.165) is 72.3 Å². The maximum Gasteiger partial charge on any atom is 0.248 e. The molecule has 0 spiro atoms. The molecule has 0 saturated carbocycles. The molecule has 4 heterocycles. The standard InChI is InChI=1S/C61H51BN2O2/c1-34-24-35(2)57(36(3)25-34)62-48-32-47-46-22-19-41(61(7,8)9)30-54(46)66-56(47)33-49(48)64-51-27-38-15-11-10-14-37(38)26-50(51)63(52-28-39-16-12-13-17-43(39)58(62)59(52)64)42-20-23-45-44-21-18-40(60(4,5)6)29-53(44)65-55(45)31-42/h10-33H,1-9H3. The molecular weight excluding hydrogens is 803 g/mol. The van der Waals surface area contributed by atoms with Crippen LogP contribution in [0, 0.1) is 20.8 Å². The second-order valence-corrected chi connectivity index (χ2v) is 21.2. The number of hydrogen-bond donors (Lipinski definition) is 0. The fraction of sp³-hybridized carbons (Fsp3) is 0.180. The van der Waals surface area contributed by atoms with Gasteiger partial charge in [-0.05, 0) is 118 Å². The third kappa shape index (κ3) is 5.59. The average molecular weight is 855 g/mol. The van der Waals surface area contributed by atoms with Gasteiger partial charge in [-0.3, -0.25) is 0 Å². The second kappa shape index (κ2) is 13.4. The molecule has 0 radical (unpaired) electrons. The van der Waals surface area contributed by atoms with E-state index in [1.54, 1.807) is 0 Å². The largest absolute Gasteiger partial charge is 0.456 e. The highest BCUT2D eigenvalue weighted by molar-refractivity contribution is 7.00. The third-order valence-electron chi connectivity index (χ3n) is 14.8. The predicted molar refractivity (Wildman–Crippen MR) is 282 cm³/mol. The molecule has 5 heteroatoms. The molecule has 13 rings (SSSR count). The number of aryl methyl sites for hydroxylation is 3. The zero-order chi connectivity index (χ0) is 45.1. The van der Waals surface area contributed by atoms with Gasteiger partial charge in [-0.15, -0.1) is 0 Å². The van der Waals surface area contributed by atoms with Gasteiger partial charge in [0.15, 0.2) is 0 Å². The minimum absolute atomic E-state index is 0.00597. The molecule has 0 fully saturated rings. The summed E-state index contributed by atoms with van der Waals surface area (Å²) in [5.41, 5.74) is 20.7. The smallest absolute Gasteiger partial charge is 0.248 e. The molecule has 11 aromatic rings. The first-order valence-electron chi connectivity index (χ1n) is 23.4. The molecule has 0 saturated heterocycles. The van der Waals surface area contributed by atoms with Gasteiger partial charge in [-0.2, -0.15) is 0 Å². The van der Waals surface area contributed by atoms with Crippen LogP contribution in [0.5, 0.6) is 0 Å². The van der Waals surface area contributed by atoms with Gasteiger partial charge in [-0.1, -0.05) is 155 Å². The fourth-order valence-corrected chi connectivity index (χ4v) is 11.6. The van der Waals surface area contributed by atoms with E-state index in [4.69, 9.17) is 8.83 Å². The molecule has 4 nitrogen and oxygen atoms in total. The summed E-state index contributed by atoms with van der Waals surface area (Å²) >= 11 is 0. The van der Waals surface area contributed by atoms with Crippen LogP contribution in [0.1, 0.15) is 69.4 Å². The number of rotatable bonds is 2. The Balaban J connectivity index is 1.16. The lowest BCUT2D eigenvalue weighted by molar-refractivity contribution is 0.587. The minimum atomic E-state index is -0.0707. The molecule has 0 N–H and O–H groups in total. The van der Waals surface area contributed by atoms with E-state index in [1.807, 2.05) is 0 Å². The van der Waals surface area contributed by atoms with Crippen molar-refractivity contribution in [2.45, 2.75) is 73.1 Å². The maximum absolute atomic E-state index is 6.95. The van der Waals surface area contributed by atoms with E-state index in [2.05, 4.69) is 218 Å². The Hall–Kier alpha value is -7.24. The Bertz CT molecular complexity index is 3890. The zero-order valence-corrected chi connectivity index (χ0v) is 39.1. The van der Waals surface area contributed by atoms with Crippen molar-refractivity contribution in [2.75, 3.05) is 9.80 Å². The first kappa shape index (κ1) is 39.2. The summed E-state index contributed by atoms with van der Waals surface area (Å²) < 4.78 is 13.8. The Labute approximate surface area is 386 Å². The predicted octanol–water partition coefficient (Wildman–Crippen LogP) is 15.4. The molecule has 9 aromatic carbocycles. The molecule has 0 amide bonds. The van der Waals surface area contributed by atoms with E-state index < -0.39 is 0 Å². The van der Waals surface area contributed by atoms with Gasteiger partial charge in [0.05, 0.1) is 28.4 Å². The first-order chi connectivity index (χ1) is 31.7. The van der Waals surface area contributed by atoms with Crippen LogP contribution in [0.15, 0.2) is 154 Å².